The Labute approximate surface area is 169 Å². The SMILES string of the molecule is Cc1nc(-c2cccc(NC(=O)CN3C[C@@H](N)[C@H](c4ccccc4)C3)c2)cs1. The maximum absolute atomic E-state index is 12.6. The van der Waals surface area contributed by atoms with E-state index in [0.717, 1.165) is 35.0 Å². The third-order valence-corrected chi connectivity index (χ3v) is 5.87. The van der Waals surface area contributed by atoms with E-state index in [2.05, 4.69) is 27.3 Å². The maximum Gasteiger partial charge on any atom is 0.238 e. The van der Waals surface area contributed by atoms with E-state index in [1.807, 2.05) is 54.8 Å². The van der Waals surface area contributed by atoms with Crippen molar-refractivity contribution in [2.24, 2.45) is 5.73 Å². The van der Waals surface area contributed by atoms with E-state index >= 15 is 0 Å². The number of rotatable bonds is 5. The predicted molar refractivity (Wildman–Crippen MR) is 115 cm³/mol. The molecule has 1 aromatic heterocycles. The molecule has 2 aromatic carbocycles. The Morgan fingerprint density at radius 1 is 1.21 bits per heavy atom. The number of thiazole rings is 1. The molecule has 1 amide bonds. The first-order chi connectivity index (χ1) is 13.6. The Bertz CT molecular complexity index is 956. The summed E-state index contributed by atoms with van der Waals surface area (Å²) in [5.41, 5.74) is 10.3. The number of nitrogens with two attached hydrogens (primary N) is 1. The number of carbonyl (C=O) groups excluding carboxylic acids is 1. The number of likely N-dealkylation sites (tertiary alicyclic amines) is 1. The minimum Gasteiger partial charge on any atom is -0.326 e. The van der Waals surface area contributed by atoms with Crippen molar-refractivity contribution in [1.82, 2.24) is 9.88 Å². The summed E-state index contributed by atoms with van der Waals surface area (Å²) in [6.45, 7) is 3.86. The van der Waals surface area contributed by atoms with Crippen LogP contribution in [0.4, 0.5) is 5.69 Å². The van der Waals surface area contributed by atoms with E-state index < -0.39 is 0 Å². The van der Waals surface area contributed by atoms with Crippen LogP contribution in [-0.4, -0.2) is 41.5 Å². The molecule has 1 fully saturated rings. The summed E-state index contributed by atoms with van der Waals surface area (Å²) in [4.78, 5) is 19.2. The molecular weight excluding hydrogens is 368 g/mol. The van der Waals surface area contributed by atoms with Crippen molar-refractivity contribution < 1.29 is 4.79 Å². The van der Waals surface area contributed by atoms with Gasteiger partial charge in [0.15, 0.2) is 0 Å². The number of aromatic nitrogens is 1. The molecule has 4 rings (SSSR count). The van der Waals surface area contributed by atoms with Crippen LogP contribution in [0.5, 0.6) is 0 Å². The number of hydrogen-bond acceptors (Lipinski definition) is 5. The van der Waals surface area contributed by atoms with Crippen molar-refractivity contribution >= 4 is 22.9 Å². The van der Waals surface area contributed by atoms with E-state index in [-0.39, 0.29) is 17.9 Å². The molecule has 2 heterocycles. The summed E-state index contributed by atoms with van der Waals surface area (Å²) >= 11 is 1.62. The highest BCUT2D eigenvalue weighted by Gasteiger charge is 2.31. The quantitative estimate of drug-likeness (QED) is 0.697. The fraction of sp³-hybridized carbons (Fsp3) is 0.273. The van der Waals surface area contributed by atoms with Crippen molar-refractivity contribution in [3.63, 3.8) is 0 Å². The van der Waals surface area contributed by atoms with Crippen molar-refractivity contribution in [2.45, 2.75) is 18.9 Å². The Balaban J connectivity index is 1.37. The van der Waals surface area contributed by atoms with Crippen molar-refractivity contribution in [3.8, 4) is 11.3 Å². The number of hydrogen-bond donors (Lipinski definition) is 2. The number of anilines is 1. The third kappa shape index (κ3) is 4.30. The molecule has 0 bridgehead atoms. The van der Waals surface area contributed by atoms with Gasteiger partial charge >= 0.3 is 0 Å². The van der Waals surface area contributed by atoms with Gasteiger partial charge in [-0.3, -0.25) is 9.69 Å². The first kappa shape index (κ1) is 18.8. The molecule has 6 heteroatoms. The molecule has 0 unspecified atom stereocenters. The lowest BCUT2D eigenvalue weighted by molar-refractivity contribution is -0.117. The zero-order chi connectivity index (χ0) is 19.5. The molecule has 3 aromatic rings. The van der Waals surface area contributed by atoms with Gasteiger partial charge in [-0.05, 0) is 24.6 Å². The van der Waals surface area contributed by atoms with E-state index in [9.17, 15) is 4.79 Å². The summed E-state index contributed by atoms with van der Waals surface area (Å²) in [6, 6.07) is 18.2. The Morgan fingerprint density at radius 3 is 2.79 bits per heavy atom. The lowest BCUT2D eigenvalue weighted by Gasteiger charge is -2.16. The second kappa shape index (κ2) is 8.22. The first-order valence-corrected chi connectivity index (χ1v) is 10.3. The minimum absolute atomic E-state index is 0.0208. The van der Waals surface area contributed by atoms with Crippen LogP contribution in [0.2, 0.25) is 0 Å². The van der Waals surface area contributed by atoms with Gasteiger partial charge in [0.2, 0.25) is 5.91 Å². The van der Waals surface area contributed by atoms with Gasteiger partial charge in [0.1, 0.15) is 0 Å². The van der Waals surface area contributed by atoms with E-state index in [4.69, 9.17) is 5.73 Å². The minimum atomic E-state index is -0.0208. The Kier molecular flexibility index (Phi) is 5.52. The standard InChI is InChI=1S/C22H24N4OS/c1-15-24-21(14-28-15)17-8-5-9-18(10-17)25-22(27)13-26-11-19(20(23)12-26)16-6-3-2-4-7-16/h2-10,14,19-20H,11-13,23H2,1H3,(H,25,27)/t19-,20+/m0/s1. The average Bonchev–Trinajstić information content (AvgIpc) is 3.28. The second-order valence-electron chi connectivity index (χ2n) is 7.26. The average molecular weight is 393 g/mol. The molecule has 5 nitrogen and oxygen atoms in total. The van der Waals surface area contributed by atoms with E-state index in [1.54, 1.807) is 11.3 Å². The van der Waals surface area contributed by atoms with Gasteiger partial charge in [-0.2, -0.15) is 0 Å². The molecule has 0 spiro atoms. The van der Waals surface area contributed by atoms with Gasteiger partial charge in [0.25, 0.3) is 0 Å². The fourth-order valence-electron chi connectivity index (χ4n) is 3.75. The molecule has 1 aliphatic heterocycles. The van der Waals surface area contributed by atoms with Crippen LogP contribution < -0.4 is 11.1 Å². The van der Waals surface area contributed by atoms with Gasteiger partial charge in [-0.25, -0.2) is 4.98 Å². The number of carbonyl (C=O) groups is 1. The summed E-state index contributed by atoms with van der Waals surface area (Å²) in [5.74, 6) is 0.248. The van der Waals surface area contributed by atoms with Gasteiger partial charge < -0.3 is 11.1 Å². The van der Waals surface area contributed by atoms with Crippen LogP contribution >= 0.6 is 11.3 Å². The highest BCUT2D eigenvalue weighted by Crippen LogP contribution is 2.27. The van der Waals surface area contributed by atoms with E-state index in [0.29, 0.717) is 6.54 Å². The van der Waals surface area contributed by atoms with Crippen LogP contribution in [0, 0.1) is 6.92 Å². The van der Waals surface area contributed by atoms with Crippen molar-refractivity contribution in [2.75, 3.05) is 25.0 Å². The predicted octanol–water partition coefficient (Wildman–Crippen LogP) is 3.48. The Morgan fingerprint density at radius 2 is 2.04 bits per heavy atom. The van der Waals surface area contributed by atoms with Crippen molar-refractivity contribution in [3.05, 3.63) is 70.5 Å². The molecule has 144 valence electrons. The maximum atomic E-state index is 12.6. The normalized spacial score (nSPS) is 19.6. The molecule has 0 radical (unpaired) electrons. The van der Waals surface area contributed by atoms with Gasteiger partial charge in [0, 0.05) is 41.7 Å². The van der Waals surface area contributed by atoms with Crippen LogP contribution in [0.3, 0.4) is 0 Å². The summed E-state index contributed by atoms with van der Waals surface area (Å²) in [5, 5.41) is 6.07. The summed E-state index contributed by atoms with van der Waals surface area (Å²) < 4.78 is 0. The lowest BCUT2D eigenvalue weighted by atomic mass is 9.95. The highest BCUT2D eigenvalue weighted by molar-refractivity contribution is 7.09. The fourth-order valence-corrected chi connectivity index (χ4v) is 4.37. The van der Waals surface area contributed by atoms with Gasteiger partial charge in [0.05, 0.1) is 17.2 Å². The molecule has 0 aliphatic carbocycles. The smallest absolute Gasteiger partial charge is 0.238 e. The zero-order valence-corrected chi connectivity index (χ0v) is 16.7. The number of amides is 1. The largest absolute Gasteiger partial charge is 0.326 e. The zero-order valence-electron chi connectivity index (χ0n) is 15.8. The van der Waals surface area contributed by atoms with Crippen LogP contribution in [-0.2, 0) is 4.79 Å². The second-order valence-corrected chi connectivity index (χ2v) is 8.32. The first-order valence-electron chi connectivity index (χ1n) is 9.44. The van der Waals surface area contributed by atoms with Crippen molar-refractivity contribution in [1.29, 1.82) is 0 Å². The molecule has 1 saturated heterocycles. The van der Waals surface area contributed by atoms with E-state index in [1.165, 1.54) is 5.56 Å². The van der Waals surface area contributed by atoms with Crippen LogP contribution in [0.1, 0.15) is 16.5 Å². The number of nitrogens with zero attached hydrogens (tertiary/aromatic N) is 2. The molecule has 2 atom stereocenters. The molecule has 0 saturated carbocycles. The molecule has 28 heavy (non-hydrogen) atoms. The van der Waals surface area contributed by atoms with Gasteiger partial charge in [-0.1, -0.05) is 42.5 Å². The number of benzene rings is 2. The lowest BCUT2D eigenvalue weighted by Crippen LogP contribution is -2.33. The number of nitrogens with one attached hydrogen (secondary N) is 1. The third-order valence-electron chi connectivity index (χ3n) is 5.10. The van der Waals surface area contributed by atoms with Crippen LogP contribution in [0.15, 0.2) is 60.0 Å². The van der Waals surface area contributed by atoms with Gasteiger partial charge in [-0.15, -0.1) is 11.3 Å². The summed E-state index contributed by atoms with van der Waals surface area (Å²) in [6.07, 6.45) is 0. The topological polar surface area (TPSA) is 71.2 Å². The van der Waals surface area contributed by atoms with Crippen LogP contribution in [0.25, 0.3) is 11.3 Å². The number of aryl methyl sites for hydroxylation is 1. The monoisotopic (exact) mass is 392 g/mol. The highest BCUT2D eigenvalue weighted by atomic mass is 32.1. The molecule has 3 N–H and O–H groups in total. The summed E-state index contributed by atoms with van der Waals surface area (Å²) in [7, 11) is 0. The molecule has 1 aliphatic rings. The Hall–Kier alpha value is -2.54. The molecular formula is C22H24N4OS.